The van der Waals surface area contributed by atoms with E-state index >= 15 is 0 Å². The molecule has 0 bridgehead atoms. The molecule has 3 rings (SSSR count). The van der Waals surface area contributed by atoms with E-state index in [0.29, 0.717) is 19.6 Å². The van der Waals surface area contributed by atoms with Crippen LogP contribution in [0.25, 0.3) is 0 Å². The summed E-state index contributed by atoms with van der Waals surface area (Å²) in [7, 11) is 1.63. The first-order valence-electron chi connectivity index (χ1n) is 9.84. The van der Waals surface area contributed by atoms with Crippen LogP contribution >= 0.6 is 11.3 Å². The molecule has 1 aromatic heterocycles. The van der Waals surface area contributed by atoms with Gasteiger partial charge in [0.05, 0.1) is 18.1 Å². The molecule has 1 saturated heterocycles. The molecule has 1 spiro atoms. The van der Waals surface area contributed by atoms with Crippen LogP contribution in [-0.2, 0) is 26.3 Å². The largest absolute Gasteiger partial charge is 0.383 e. The Hall–Kier alpha value is -1.44. The Balaban J connectivity index is 1.73. The Morgan fingerprint density at radius 2 is 2.15 bits per heavy atom. The molecule has 2 amide bonds. The van der Waals surface area contributed by atoms with Gasteiger partial charge in [-0.25, -0.2) is 0 Å². The van der Waals surface area contributed by atoms with Crippen molar-refractivity contribution in [3.05, 3.63) is 21.4 Å². The van der Waals surface area contributed by atoms with E-state index in [-0.39, 0.29) is 23.5 Å². The summed E-state index contributed by atoms with van der Waals surface area (Å²) in [5.74, 6) is 0.186. The van der Waals surface area contributed by atoms with Crippen molar-refractivity contribution in [2.75, 3.05) is 33.4 Å². The van der Waals surface area contributed by atoms with Crippen LogP contribution in [0.1, 0.15) is 59.6 Å². The van der Waals surface area contributed by atoms with Crippen LogP contribution in [0.15, 0.2) is 6.07 Å². The van der Waals surface area contributed by atoms with Gasteiger partial charge in [0, 0.05) is 37.5 Å². The second-order valence-electron chi connectivity index (χ2n) is 7.52. The Labute approximate surface area is 165 Å². The lowest BCUT2D eigenvalue weighted by molar-refractivity contribution is -0.140. The number of carbonyl (C=O) groups is 2. The molecule has 6 nitrogen and oxygen atoms in total. The number of piperidine rings is 1. The monoisotopic (exact) mass is 394 g/mol. The molecule has 7 heteroatoms. The van der Waals surface area contributed by atoms with Crippen molar-refractivity contribution < 1.29 is 19.1 Å². The smallest absolute Gasteiger partial charge is 0.261 e. The predicted octanol–water partition coefficient (Wildman–Crippen LogP) is 2.70. The van der Waals surface area contributed by atoms with Crippen molar-refractivity contribution in [1.82, 2.24) is 10.2 Å². The second kappa shape index (κ2) is 8.71. The molecule has 2 aliphatic heterocycles. The minimum absolute atomic E-state index is 0.0281. The maximum Gasteiger partial charge on any atom is 0.261 e. The molecule has 1 N–H and O–H groups in total. The van der Waals surface area contributed by atoms with Crippen molar-refractivity contribution in [2.24, 2.45) is 0 Å². The molecule has 2 aliphatic rings. The zero-order chi connectivity index (χ0) is 19.4. The highest BCUT2D eigenvalue weighted by atomic mass is 32.1. The van der Waals surface area contributed by atoms with E-state index in [1.807, 2.05) is 24.8 Å². The Morgan fingerprint density at radius 1 is 1.41 bits per heavy atom. The van der Waals surface area contributed by atoms with Crippen LogP contribution in [0.5, 0.6) is 0 Å². The van der Waals surface area contributed by atoms with Crippen molar-refractivity contribution in [3.63, 3.8) is 0 Å². The fourth-order valence-corrected chi connectivity index (χ4v) is 5.30. The third kappa shape index (κ3) is 4.36. The van der Waals surface area contributed by atoms with E-state index < -0.39 is 0 Å². The van der Waals surface area contributed by atoms with Gasteiger partial charge in [-0.15, -0.1) is 11.3 Å². The Kier molecular flexibility index (Phi) is 6.55. The predicted molar refractivity (Wildman–Crippen MR) is 105 cm³/mol. The highest BCUT2D eigenvalue weighted by molar-refractivity contribution is 7.14. The molecule has 1 aromatic rings. The van der Waals surface area contributed by atoms with Crippen LogP contribution < -0.4 is 5.32 Å². The Morgan fingerprint density at radius 3 is 2.81 bits per heavy atom. The number of fused-ring (bicyclic) bond motifs is 2. The fourth-order valence-electron chi connectivity index (χ4n) is 3.98. The zero-order valence-corrected chi connectivity index (χ0v) is 17.3. The molecule has 3 heterocycles. The molecule has 150 valence electrons. The molecular weight excluding hydrogens is 364 g/mol. The van der Waals surface area contributed by atoms with Crippen LogP contribution in [0.4, 0.5) is 0 Å². The van der Waals surface area contributed by atoms with E-state index in [1.54, 1.807) is 18.4 Å². The summed E-state index contributed by atoms with van der Waals surface area (Å²) < 4.78 is 11.3. The first-order chi connectivity index (χ1) is 13.0. The van der Waals surface area contributed by atoms with E-state index in [9.17, 15) is 9.59 Å². The molecule has 1 atom stereocenters. The summed E-state index contributed by atoms with van der Waals surface area (Å²) in [6, 6.07) is 1.99. The van der Waals surface area contributed by atoms with E-state index in [1.165, 1.54) is 10.4 Å². The number of methoxy groups -OCH3 is 1. The summed E-state index contributed by atoms with van der Waals surface area (Å²) in [6.07, 6.45) is 3.94. The molecular formula is C20H30N2O4S. The van der Waals surface area contributed by atoms with Gasteiger partial charge in [0.25, 0.3) is 5.91 Å². The van der Waals surface area contributed by atoms with Gasteiger partial charge in [0.2, 0.25) is 5.91 Å². The number of hydrogen-bond acceptors (Lipinski definition) is 5. The number of rotatable bonds is 6. The van der Waals surface area contributed by atoms with Crippen molar-refractivity contribution in [2.45, 2.75) is 57.6 Å². The van der Waals surface area contributed by atoms with Gasteiger partial charge in [-0.1, -0.05) is 6.92 Å². The average Bonchev–Trinajstić information content (AvgIpc) is 3.09. The maximum atomic E-state index is 12.6. The first-order valence-corrected chi connectivity index (χ1v) is 10.7. The molecule has 1 unspecified atom stereocenters. The summed E-state index contributed by atoms with van der Waals surface area (Å²) in [5, 5.41) is 2.99. The van der Waals surface area contributed by atoms with Crippen LogP contribution in [0.2, 0.25) is 0 Å². The van der Waals surface area contributed by atoms with Crippen LogP contribution in [0.3, 0.4) is 0 Å². The number of nitrogens with zero attached hydrogens (tertiary/aromatic N) is 1. The summed E-state index contributed by atoms with van der Waals surface area (Å²) in [6.45, 7) is 6.58. The van der Waals surface area contributed by atoms with Gasteiger partial charge >= 0.3 is 0 Å². The van der Waals surface area contributed by atoms with E-state index in [0.717, 1.165) is 43.6 Å². The van der Waals surface area contributed by atoms with Gasteiger partial charge in [-0.2, -0.15) is 0 Å². The fraction of sp³-hybridized carbons (Fsp3) is 0.700. The van der Waals surface area contributed by atoms with Crippen LogP contribution in [0, 0.1) is 0 Å². The lowest BCUT2D eigenvalue weighted by atomic mass is 9.85. The normalized spacial score (nSPS) is 19.6. The van der Waals surface area contributed by atoms with Gasteiger partial charge in [-0.05, 0) is 44.2 Å². The minimum atomic E-state index is -0.335. The van der Waals surface area contributed by atoms with Crippen molar-refractivity contribution in [3.8, 4) is 0 Å². The number of likely N-dealkylation sites (tertiary alicyclic amines) is 1. The zero-order valence-electron chi connectivity index (χ0n) is 16.5. The third-order valence-corrected chi connectivity index (χ3v) is 6.74. The van der Waals surface area contributed by atoms with Crippen molar-refractivity contribution in [1.29, 1.82) is 0 Å². The second-order valence-corrected chi connectivity index (χ2v) is 8.57. The van der Waals surface area contributed by atoms with E-state index in [2.05, 4.69) is 5.32 Å². The topological polar surface area (TPSA) is 67.9 Å². The highest BCUT2D eigenvalue weighted by Gasteiger charge is 2.43. The molecule has 0 radical (unpaired) electrons. The number of amides is 2. The van der Waals surface area contributed by atoms with Crippen LogP contribution in [-0.4, -0.2) is 56.2 Å². The molecule has 27 heavy (non-hydrogen) atoms. The summed E-state index contributed by atoms with van der Waals surface area (Å²) >= 11 is 1.55. The Bertz CT molecular complexity index is 680. The molecule has 0 aliphatic carbocycles. The number of thiophene rings is 1. The molecule has 0 aromatic carbocycles. The average molecular weight is 395 g/mol. The van der Waals surface area contributed by atoms with Gasteiger partial charge in [0.1, 0.15) is 5.60 Å². The SMILES string of the molecule is CCCC(=O)N1CCC2(CC1)OCCc1cc(C(=O)NC(C)COC)sc12. The number of ether oxygens (including phenoxy) is 2. The lowest BCUT2D eigenvalue weighted by Crippen LogP contribution is -2.47. The molecule has 1 fully saturated rings. The number of hydrogen-bond donors (Lipinski definition) is 1. The summed E-state index contributed by atoms with van der Waals surface area (Å²) in [4.78, 5) is 28.6. The van der Waals surface area contributed by atoms with Gasteiger partial charge in [0.15, 0.2) is 0 Å². The van der Waals surface area contributed by atoms with Gasteiger partial charge < -0.3 is 19.7 Å². The standard InChI is InChI=1S/C20H30N2O4S/c1-4-5-17(23)22-9-7-20(8-10-22)18-15(6-11-26-20)12-16(27-18)19(24)21-14(2)13-25-3/h12,14H,4-11,13H2,1-3H3,(H,21,24). The first kappa shape index (κ1) is 20.3. The maximum absolute atomic E-state index is 12.6. The quantitative estimate of drug-likeness (QED) is 0.806. The minimum Gasteiger partial charge on any atom is -0.383 e. The van der Waals surface area contributed by atoms with Gasteiger partial charge in [-0.3, -0.25) is 9.59 Å². The molecule has 0 saturated carbocycles. The lowest BCUT2D eigenvalue weighted by Gasteiger charge is -2.43. The number of carbonyl (C=O) groups excluding carboxylic acids is 2. The summed E-state index contributed by atoms with van der Waals surface area (Å²) in [5.41, 5.74) is 0.891. The van der Waals surface area contributed by atoms with E-state index in [4.69, 9.17) is 9.47 Å². The third-order valence-electron chi connectivity index (χ3n) is 5.38. The number of nitrogens with one attached hydrogen (secondary N) is 1. The highest BCUT2D eigenvalue weighted by Crippen LogP contribution is 2.45. The van der Waals surface area contributed by atoms with Crippen molar-refractivity contribution >= 4 is 23.2 Å².